The van der Waals surface area contributed by atoms with Crippen LogP contribution in [0, 0.1) is 0 Å². The van der Waals surface area contributed by atoms with E-state index >= 15 is 0 Å². The summed E-state index contributed by atoms with van der Waals surface area (Å²) >= 11 is 1.47. The van der Waals surface area contributed by atoms with Gasteiger partial charge in [0.1, 0.15) is 5.75 Å². The molecule has 0 saturated carbocycles. The average Bonchev–Trinajstić information content (AvgIpc) is 3.26. The maximum absolute atomic E-state index is 11.8. The van der Waals surface area contributed by atoms with E-state index < -0.39 is 6.61 Å². The highest BCUT2D eigenvalue weighted by Crippen LogP contribution is 2.24. The maximum atomic E-state index is 11.8. The van der Waals surface area contributed by atoms with Crippen molar-refractivity contribution >= 4 is 29.3 Å². The molecule has 2 N–H and O–H groups in total. The van der Waals surface area contributed by atoms with Gasteiger partial charge >= 0.3 is 6.61 Å². The van der Waals surface area contributed by atoms with Crippen LogP contribution in [0.25, 0.3) is 0 Å². The van der Waals surface area contributed by atoms with Crippen LogP contribution in [0.2, 0.25) is 0 Å². The molecule has 3 rings (SSSR count). The summed E-state index contributed by atoms with van der Waals surface area (Å²) in [6.07, 6.45) is 1.26. The number of nitrogens with one attached hydrogen (secondary N) is 2. The first kappa shape index (κ1) is 23.0. The Morgan fingerprint density at radius 1 is 1.07 bits per heavy atom. The number of anilines is 1. The lowest BCUT2D eigenvalue weighted by molar-refractivity contribution is -0.105. The number of carbonyl (C=O) groups is 2. The second-order valence-electron chi connectivity index (χ2n) is 6.18. The number of benzene rings is 2. The first-order valence-electron chi connectivity index (χ1n) is 9.12. The van der Waals surface area contributed by atoms with Gasteiger partial charge in [0.05, 0.1) is 10.6 Å². The minimum absolute atomic E-state index is 0.0171. The molecule has 0 aliphatic heterocycles. The number of hydrogen-bond donors (Lipinski definition) is 2. The summed E-state index contributed by atoms with van der Waals surface area (Å²) in [5, 5.41) is 7.16. The summed E-state index contributed by atoms with van der Waals surface area (Å²) in [5.41, 5.74) is 1.46. The maximum Gasteiger partial charge on any atom is 0.387 e. The summed E-state index contributed by atoms with van der Waals surface area (Å²) in [4.78, 5) is 22.6. The lowest BCUT2D eigenvalue weighted by atomic mass is 10.1. The van der Waals surface area contributed by atoms with Gasteiger partial charge in [-0.1, -0.05) is 48.5 Å². The lowest BCUT2D eigenvalue weighted by Crippen LogP contribution is -2.33. The fourth-order valence-electron chi connectivity index (χ4n) is 2.57. The quantitative estimate of drug-likeness (QED) is 0.494. The highest BCUT2D eigenvalue weighted by molar-refractivity contribution is 7.12. The molecule has 0 aliphatic carbocycles. The van der Waals surface area contributed by atoms with Gasteiger partial charge in [-0.2, -0.15) is 8.78 Å². The third kappa shape index (κ3) is 8.00. The van der Waals surface area contributed by atoms with Crippen LogP contribution in [0.5, 0.6) is 5.75 Å². The van der Waals surface area contributed by atoms with E-state index in [1.165, 1.54) is 35.1 Å². The summed E-state index contributed by atoms with van der Waals surface area (Å²) < 4.78 is 27.7. The fourth-order valence-corrected chi connectivity index (χ4v) is 3.20. The van der Waals surface area contributed by atoms with Gasteiger partial charge < -0.3 is 15.4 Å². The van der Waals surface area contributed by atoms with E-state index in [1.807, 2.05) is 42.6 Å². The Kier molecular flexibility index (Phi) is 9.47. The van der Waals surface area contributed by atoms with E-state index in [4.69, 9.17) is 0 Å². The zero-order chi connectivity index (χ0) is 21.8. The number of ether oxygens (including phenoxy) is 1. The van der Waals surface area contributed by atoms with Crippen molar-refractivity contribution in [2.45, 2.75) is 26.0 Å². The van der Waals surface area contributed by atoms with Crippen LogP contribution in [0.3, 0.4) is 0 Å². The zero-order valence-electron chi connectivity index (χ0n) is 16.3. The van der Waals surface area contributed by atoms with Gasteiger partial charge in [-0.3, -0.25) is 9.59 Å². The molecule has 1 unspecified atom stereocenters. The summed E-state index contributed by atoms with van der Waals surface area (Å²) in [7, 11) is 0. The molecule has 0 spiro atoms. The van der Waals surface area contributed by atoms with Gasteiger partial charge in [0.2, 0.25) is 6.41 Å². The topological polar surface area (TPSA) is 67.4 Å². The second kappa shape index (κ2) is 12.3. The molecule has 0 bridgehead atoms. The number of alkyl halides is 2. The molecule has 0 aliphatic rings. The van der Waals surface area contributed by atoms with Crippen LogP contribution >= 0.6 is 11.3 Å². The van der Waals surface area contributed by atoms with Crippen molar-refractivity contribution in [3.05, 3.63) is 82.6 Å². The molecule has 2 amide bonds. The molecule has 3 aromatic rings. The number of para-hydroxylation sites is 2. The van der Waals surface area contributed by atoms with Crippen molar-refractivity contribution in [1.82, 2.24) is 5.32 Å². The molecule has 1 aromatic heterocycles. The molecular weight excluding hydrogens is 410 g/mol. The predicted octanol–water partition coefficient (Wildman–Crippen LogP) is 4.97. The van der Waals surface area contributed by atoms with E-state index in [9.17, 15) is 18.4 Å². The van der Waals surface area contributed by atoms with Crippen molar-refractivity contribution < 1.29 is 23.1 Å². The smallest absolute Gasteiger partial charge is 0.387 e. The number of amides is 2. The van der Waals surface area contributed by atoms with Crippen LogP contribution in [0.15, 0.2) is 72.1 Å². The van der Waals surface area contributed by atoms with Gasteiger partial charge in [0.15, 0.2) is 0 Å². The van der Waals surface area contributed by atoms with Gasteiger partial charge in [0.25, 0.3) is 5.91 Å². The Morgan fingerprint density at radius 3 is 2.40 bits per heavy atom. The molecule has 0 fully saturated rings. The van der Waals surface area contributed by atoms with Crippen molar-refractivity contribution in [2.75, 3.05) is 5.32 Å². The van der Waals surface area contributed by atoms with Gasteiger partial charge in [0, 0.05) is 6.04 Å². The second-order valence-corrected chi connectivity index (χ2v) is 7.13. The molecule has 0 radical (unpaired) electrons. The summed E-state index contributed by atoms with van der Waals surface area (Å²) in [6, 6.07) is 20.0. The minimum Gasteiger partial charge on any atom is -0.433 e. The van der Waals surface area contributed by atoms with Crippen LogP contribution in [-0.4, -0.2) is 25.0 Å². The Hall–Kier alpha value is -3.26. The largest absolute Gasteiger partial charge is 0.433 e. The molecule has 5 nitrogen and oxygen atoms in total. The summed E-state index contributed by atoms with van der Waals surface area (Å²) in [5.74, 6) is -0.0342. The number of carbonyl (C=O) groups excluding carboxylic acids is 2. The first-order chi connectivity index (χ1) is 14.5. The van der Waals surface area contributed by atoms with E-state index in [1.54, 1.807) is 6.07 Å². The SMILES string of the molecule is CC(Cc1ccccc1)NC(=O)c1cccs1.O=CNc1ccccc1OC(F)F. The zero-order valence-corrected chi connectivity index (χ0v) is 17.1. The van der Waals surface area contributed by atoms with Crippen LogP contribution in [-0.2, 0) is 11.2 Å². The standard InChI is InChI=1S/C14H15NOS.C8H7F2NO2/c1-11(10-12-6-3-2-4-7-12)15-14(16)13-8-5-9-17-13;9-8(10)13-7-4-2-1-3-6(7)11-5-12/h2-9,11H,10H2,1H3,(H,15,16);1-5,8H,(H,11,12). The molecule has 1 heterocycles. The van der Waals surface area contributed by atoms with E-state index in [0.29, 0.717) is 6.41 Å². The van der Waals surface area contributed by atoms with Crippen LogP contribution in [0.1, 0.15) is 22.2 Å². The first-order valence-corrected chi connectivity index (χ1v) is 10.00. The van der Waals surface area contributed by atoms with Gasteiger partial charge in [-0.05, 0) is 42.5 Å². The van der Waals surface area contributed by atoms with E-state index in [-0.39, 0.29) is 23.4 Å². The van der Waals surface area contributed by atoms with Crippen molar-refractivity contribution in [1.29, 1.82) is 0 Å². The van der Waals surface area contributed by atoms with Gasteiger partial charge in [-0.15, -0.1) is 11.3 Å². The Labute approximate surface area is 177 Å². The number of halogens is 2. The fraction of sp³-hybridized carbons (Fsp3) is 0.182. The normalized spacial score (nSPS) is 11.1. The molecule has 8 heteroatoms. The highest BCUT2D eigenvalue weighted by Gasteiger charge is 2.10. The number of rotatable bonds is 8. The van der Waals surface area contributed by atoms with Crippen molar-refractivity contribution in [2.24, 2.45) is 0 Å². The van der Waals surface area contributed by atoms with Gasteiger partial charge in [-0.25, -0.2) is 0 Å². The Bertz CT molecular complexity index is 906. The molecule has 30 heavy (non-hydrogen) atoms. The van der Waals surface area contributed by atoms with E-state index in [0.717, 1.165) is 11.3 Å². The average molecular weight is 432 g/mol. The molecule has 0 saturated heterocycles. The van der Waals surface area contributed by atoms with Crippen LogP contribution < -0.4 is 15.4 Å². The Balaban J connectivity index is 0.000000222. The lowest BCUT2D eigenvalue weighted by Gasteiger charge is -2.13. The highest BCUT2D eigenvalue weighted by atomic mass is 32.1. The van der Waals surface area contributed by atoms with Crippen LogP contribution in [0.4, 0.5) is 14.5 Å². The minimum atomic E-state index is -2.89. The van der Waals surface area contributed by atoms with Crippen molar-refractivity contribution in [3.8, 4) is 5.75 Å². The van der Waals surface area contributed by atoms with Crippen molar-refractivity contribution in [3.63, 3.8) is 0 Å². The molecule has 2 aromatic carbocycles. The third-order valence-electron chi connectivity index (χ3n) is 3.82. The number of thiophene rings is 1. The molecular formula is C22H22F2N2O3S. The Morgan fingerprint density at radius 2 is 1.77 bits per heavy atom. The summed E-state index contributed by atoms with van der Waals surface area (Å²) in [6.45, 7) is -0.868. The molecule has 158 valence electrons. The third-order valence-corrected chi connectivity index (χ3v) is 4.69. The predicted molar refractivity (Wildman–Crippen MR) is 114 cm³/mol. The van der Waals surface area contributed by atoms with E-state index in [2.05, 4.69) is 27.5 Å². The number of hydrogen-bond acceptors (Lipinski definition) is 4. The molecule has 1 atom stereocenters. The monoisotopic (exact) mass is 432 g/mol.